The minimum Gasteiger partial charge on any atom is -0.455 e. The van der Waals surface area contributed by atoms with Gasteiger partial charge in [0.1, 0.15) is 39.9 Å². The molecule has 12 heterocycles. The minimum atomic E-state index is 0.539. The number of para-hydroxylation sites is 10. The largest absolute Gasteiger partial charge is 0.455 e. The predicted octanol–water partition coefficient (Wildman–Crippen LogP) is 28.9. The fourth-order valence-corrected chi connectivity index (χ4v) is 19.2. The Bertz CT molecular complexity index is 8520. The van der Waals surface area contributed by atoms with Gasteiger partial charge in [-0.3, -0.25) is 33.5 Å². The Morgan fingerprint density at radius 3 is 1.64 bits per heavy atom. The predicted molar refractivity (Wildman–Crippen MR) is 520 cm³/mol. The number of aromatic nitrogens is 11. The van der Waals surface area contributed by atoms with Gasteiger partial charge in [0.25, 0.3) is 0 Å². The third kappa shape index (κ3) is 12.2. The molecule has 0 unspecified atom stereocenters. The van der Waals surface area contributed by atoms with Crippen LogP contribution < -0.4 is 14.5 Å². The Balaban J connectivity index is 0.000000105. The van der Waals surface area contributed by atoms with Gasteiger partial charge in [-0.25, -0.2) is 19.9 Å². The van der Waals surface area contributed by atoms with E-state index in [-0.39, 0.29) is 0 Å². The summed E-state index contributed by atoms with van der Waals surface area (Å²) in [6, 6.07) is 139. The number of nitrogens with zero attached hydrogens (tertiary/aromatic N) is 13. The summed E-state index contributed by atoms with van der Waals surface area (Å²) in [4.78, 5) is 44.1. The van der Waals surface area contributed by atoms with Crippen molar-refractivity contribution in [3.63, 3.8) is 0 Å². The van der Waals surface area contributed by atoms with E-state index in [1.54, 1.807) is 12.4 Å². The van der Waals surface area contributed by atoms with E-state index in [4.69, 9.17) is 44.0 Å². The zero-order valence-corrected chi connectivity index (χ0v) is 69.1. The van der Waals surface area contributed by atoms with Crippen molar-refractivity contribution in [3.8, 4) is 130 Å². The van der Waals surface area contributed by atoms with E-state index in [9.17, 15) is 0 Å². The molecule has 15 nitrogen and oxygen atoms in total. The normalized spacial score (nSPS) is 12.1. The smallest absolute Gasteiger partial charge is 0.238 e. The summed E-state index contributed by atoms with van der Waals surface area (Å²) < 4.78 is 20.1. The van der Waals surface area contributed by atoms with E-state index in [2.05, 4.69) is 326 Å². The third-order valence-electron chi connectivity index (χ3n) is 24.8. The first-order chi connectivity index (χ1) is 64.1. The van der Waals surface area contributed by atoms with Crippen molar-refractivity contribution in [1.29, 1.82) is 0 Å². The van der Waals surface area contributed by atoms with Crippen LogP contribution in [0.25, 0.3) is 195 Å². The number of hydrogen-bond donors (Lipinski definition) is 0. The average Bonchev–Trinajstić information content (AvgIpc) is 1.99. The Morgan fingerprint density at radius 2 is 0.860 bits per heavy atom. The highest BCUT2D eigenvalue weighted by molar-refractivity contribution is 6.17. The van der Waals surface area contributed by atoms with Crippen molar-refractivity contribution in [2.45, 2.75) is 0 Å². The third-order valence-corrected chi connectivity index (χ3v) is 24.8. The lowest BCUT2D eigenvalue weighted by Gasteiger charge is -2.25. The molecule has 0 saturated carbocycles. The summed E-state index contributed by atoms with van der Waals surface area (Å²) in [6.45, 7) is 0. The fourth-order valence-electron chi connectivity index (χ4n) is 19.2. The molecule has 15 aromatic carbocycles. The van der Waals surface area contributed by atoms with Gasteiger partial charge < -0.3 is 9.15 Å². The molecule has 0 atom stereocenters. The Labute approximate surface area is 740 Å². The molecule has 0 saturated heterocycles. The van der Waals surface area contributed by atoms with Gasteiger partial charge in [0.05, 0.1) is 56.2 Å². The van der Waals surface area contributed by atoms with Gasteiger partial charge in [-0.15, -0.1) is 0 Å². The minimum absolute atomic E-state index is 0.539. The molecule has 0 radical (unpaired) electrons. The average molecular weight is 1650 g/mol. The van der Waals surface area contributed by atoms with Crippen molar-refractivity contribution >= 4 is 111 Å². The number of fused-ring (bicyclic) bond motifs is 26. The van der Waals surface area contributed by atoms with Crippen LogP contribution in [0.2, 0.25) is 0 Å². The summed E-state index contributed by atoms with van der Waals surface area (Å²) >= 11 is 0. The summed E-state index contributed by atoms with van der Waals surface area (Å²) in [6.07, 6.45) is 9.18. The first kappa shape index (κ1) is 73.9. The van der Waals surface area contributed by atoms with Gasteiger partial charge in [-0.1, -0.05) is 309 Å². The Kier molecular flexibility index (Phi) is 17.5. The number of furan rings is 1. The van der Waals surface area contributed by atoms with Crippen LogP contribution in [0, 0.1) is 0 Å². The van der Waals surface area contributed by atoms with Crippen LogP contribution in [-0.4, -0.2) is 53.6 Å². The molecule has 0 amide bonds. The van der Waals surface area contributed by atoms with E-state index in [1.807, 2.05) is 122 Å². The first-order valence-corrected chi connectivity index (χ1v) is 43.0. The fraction of sp³-hybridized carbons (Fsp3) is 0. The topological polar surface area (TPSA) is 147 Å². The van der Waals surface area contributed by atoms with Crippen molar-refractivity contribution < 1.29 is 9.15 Å². The zero-order chi connectivity index (χ0) is 85.0. The molecule has 604 valence electrons. The molecule has 15 heteroatoms. The van der Waals surface area contributed by atoms with E-state index in [0.29, 0.717) is 17.6 Å². The maximum Gasteiger partial charge on any atom is 0.238 e. The van der Waals surface area contributed by atoms with E-state index in [1.165, 1.54) is 10.9 Å². The standard InChI is InChI=1S/C40H26N6.C40H23N3O2.C34H22N4/c1-4-15-27(16-5-1)35-31-22-14-26-41-39(31)46-34-25-13-12-24-33(34)45(32-23-11-10-21-30(32)36(35)46)40-43-37(28-17-6-2-7-18-28)42-38(44-40)29-19-8-3-9-20-29;1-2-11-25-24(10-1)26(29-15-9-16-30-27-12-4-7-18-34(27)44-38(29)30)20-21-28(25)36-31-13-3-6-17-33(31)43-39-37(41-22-23-42-39)32-14-5-8-19-35(32)45-40(36)43;1-2-10-23(11-3-1)27-21-33(36-29-15-7-5-13-25(27)29)38-32-18-19-35-22-28(32)26-14-6-9-17-31(26)37-30-16-8-4-12-24(30)20-34(37)38/h1-26H;1-23H;1-22H. The first-order valence-electron chi connectivity index (χ1n) is 43.0. The van der Waals surface area contributed by atoms with E-state index < -0.39 is 0 Å². The second kappa shape index (κ2) is 30.6. The SMILES string of the molecule is c1ccc(-c2cc(N3c4ccncc4-c4ccccc4-n4c3cc3ccccc34)nc3ccccc23)cc1.c1ccc(-c2nc(-c3ccccc3)nc(N3c4ccccc4-c4c(-c5ccccc5)c5cccnc5n4-c4ccccc43)n2)cc1.c1ccc2c(c1)Oc1c(-c3ccc(-c4cccc5c4oc4ccccc45)c4ccccc34)c3ccccc3n1-c1nccnc1-2. The monoisotopic (exact) mass is 1650 g/mol. The highest BCUT2D eigenvalue weighted by Gasteiger charge is 2.36. The maximum absolute atomic E-state index is 6.88. The summed E-state index contributed by atoms with van der Waals surface area (Å²) in [5, 5.41) is 9.01. The lowest BCUT2D eigenvalue weighted by Crippen LogP contribution is -2.16. The summed E-state index contributed by atoms with van der Waals surface area (Å²) in [7, 11) is 0. The molecule has 3 aliphatic rings. The number of anilines is 6. The Hall–Kier alpha value is -17.8. The highest BCUT2D eigenvalue weighted by atomic mass is 16.5. The van der Waals surface area contributed by atoms with Crippen LogP contribution in [0.5, 0.6) is 11.6 Å². The summed E-state index contributed by atoms with van der Waals surface area (Å²) in [5.74, 6) is 5.90. The molecule has 0 aliphatic carbocycles. The number of hydrogen-bond acceptors (Lipinski definition) is 12. The number of benzene rings is 15. The van der Waals surface area contributed by atoms with Gasteiger partial charge in [-0.05, 0) is 130 Å². The molecule has 27 rings (SSSR count). The highest BCUT2D eigenvalue weighted by Crippen LogP contribution is 2.56. The van der Waals surface area contributed by atoms with E-state index in [0.717, 1.165) is 212 Å². The van der Waals surface area contributed by atoms with Gasteiger partial charge >= 0.3 is 0 Å². The molecular formula is C114H71N13O2. The zero-order valence-electron chi connectivity index (χ0n) is 69.1. The van der Waals surface area contributed by atoms with Gasteiger partial charge in [0.15, 0.2) is 17.5 Å². The molecule has 0 spiro atoms. The van der Waals surface area contributed by atoms with Crippen LogP contribution in [0.15, 0.2) is 436 Å². The molecule has 0 fully saturated rings. The van der Waals surface area contributed by atoms with Crippen molar-refractivity contribution in [2.75, 3.05) is 9.80 Å². The molecule has 9 aromatic heterocycles. The number of ether oxygens (including phenoxy) is 1. The second-order valence-electron chi connectivity index (χ2n) is 32.1. The molecular weight excluding hydrogens is 1580 g/mol. The van der Waals surface area contributed by atoms with Crippen LogP contribution in [-0.2, 0) is 0 Å². The van der Waals surface area contributed by atoms with Gasteiger partial charge in [0, 0.05) is 108 Å². The molecule has 0 N–H and O–H groups in total. The Morgan fingerprint density at radius 1 is 0.287 bits per heavy atom. The number of pyridine rings is 3. The van der Waals surface area contributed by atoms with Crippen LogP contribution >= 0.6 is 0 Å². The van der Waals surface area contributed by atoms with E-state index >= 15 is 0 Å². The van der Waals surface area contributed by atoms with Gasteiger partial charge in [0.2, 0.25) is 11.8 Å². The summed E-state index contributed by atoms with van der Waals surface area (Å²) in [5.41, 5.74) is 27.7. The molecule has 3 aliphatic heterocycles. The lowest BCUT2D eigenvalue weighted by molar-refractivity contribution is 0.461. The van der Waals surface area contributed by atoms with Crippen LogP contribution in [0.3, 0.4) is 0 Å². The van der Waals surface area contributed by atoms with Crippen molar-refractivity contribution in [3.05, 3.63) is 431 Å². The second-order valence-corrected chi connectivity index (χ2v) is 32.1. The van der Waals surface area contributed by atoms with Crippen LogP contribution in [0.1, 0.15) is 0 Å². The lowest BCUT2D eigenvalue weighted by atomic mass is 9.91. The molecule has 0 bridgehead atoms. The van der Waals surface area contributed by atoms with Crippen molar-refractivity contribution in [2.24, 2.45) is 0 Å². The van der Waals surface area contributed by atoms with Gasteiger partial charge in [-0.2, -0.15) is 9.97 Å². The quantitative estimate of drug-likeness (QED) is 0.143. The molecule has 129 heavy (non-hydrogen) atoms. The number of rotatable bonds is 8. The van der Waals surface area contributed by atoms with Crippen molar-refractivity contribution in [1.82, 2.24) is 53.6 Å². The maximum atomic E-state index is 6.88. The molecule has 24 aromatic rings. The van der Waals surface area contributed by atoms with Crippen LogP contribution in [0.4, 0.5) is 34.6 Å².